The Balaban J connectivity index is 0.00000120. The first-order valence-electron chi connectivity index (χ1n) is 6.58. The van der Waals surface area contributed by atoms with Crippen LogP contribution in [0.15, 0.2) is 4.52 Å². The van der Waals surface area contributed by atoms with E-state index in [1.54, 1.807) is 0 Å². The number of nitrogens with zero attached hydrogens (tertiary/aromatic N) is 2. The standard InChI is InChI=1S/C13H21N3O.ClH/c1-12(2,3)10-15-11(17-16-10)13-6-4-5-9(13)7-14-8-13;/h9,14H,4-8H2,1-3H3;1H/t9-,13-;/m1./s1. The maximum absolute atomic E-state index is 5.58. The van der Waals surface area contributed by atoms with Gasteiger partial charge >= 0.3 is 0 Å². The van der Waals surface area contributed by atoms with Crippen molar-refractivity contribution in [3.8, 4) is 0 Å². The zero-order chi connectivity index (χ0) is 12.1. The molecule has 2 fully saturated rings. The summed E-state index contributed by atoms with van der Waals surface area (Å²) in [5, 5.41) is 7.66. The Labute approximate surface area is 114 Å². The van der Waals surface area contributed by atoms with Crippen molar-refractivity contribution < 1.29 is 4.52 Å². The Kier molecular flexibility index (Phi) is 3.45. The van der Waals surface area contributed by atoms with E-state index in [1.165, 1.54) is 19.3 Å². The molecule has 0 aromatic carbocycles. The summed E-state index contributed by atoms with van der Waals surface area (Å²) >= 11 is 0. The number of hydrogen-bond donors (Lipinski definition) is 1. The second-order valence-corrected chi connectivity index (χ2v) is 6.55. The lowest BCUT2D eigenvalue weighted by molar-refractivity contribution is 0.263. The lowest BCUT2D eigenvalue weighted by Crippen LogP contribution is -2.31. The molecule has 3 rings (SSSR count). The zero-order valence-electron chi connectivity index (χ0n) is 11.3. The highest BCUT2D eigenvalue weighted by Gasteiger charge is 2.51. The monoisotopic (exact) mass is 271 g/mol. The van der Waals surface area contributed by atoms with Gasteiger partial charge in [0.2, 0.25) is 5.89 Å². The largest absolute Gasteiger partial charge is 0.339 e. The Bertz CT molecular complexity index is 414. The summed E-state index contributed by atoms with van der Waals surface area (Å²) in [5.74, 6) is 2.39. The Hall–Kier alpha value is -0.610. The van der Waals surface area contributed by atoms with Crippen molar-refractivity contribution >= 4 is 12.4 Å². The van der Waals surface area contributed by atoms with Gasteiger partial charge in [0.25, 0.3) is 0 Å². The van der Waals surface area contributed by atoms with Crippen LogP contribution in [0.4, 0.5) is 0 Å². The highest BCUT2D eigenvalue weighted by atomic mass is 35.5. The Morgan fingerprint density at radius 2 is 2.17 bits per heavy atom. The smallest absolute Gasteiger partial charge is 0.234 e. The van der Waals surface area contributed by atoms with Gasteiger partial charge in [0, 0.05) is 12.0 Å². The molecule has 0 radical (unpaired) electrons. The first kappa shape index (κ1) is 13.8. The average Bonchev–Trinajstić information content (AvgIpc) is 2.90. The van der Waals surface area contributed by atoms with Crippen LogP contribution in [0.1, 0.15) is 51.7 Å². The molecular formula is C13H22ClN3O. The minimum Gasteiger partial charge on any atom is -0.339 e. The highest BCUT2D eigenvalue weighted by Crippen LogP contribution is 2.47. The van der Waals surface area contributed by atoms with Crippen molar-refractivity contribution in [1.82, 2.24) is 15.5 Å². The molecule has 1 saturated carbocycles. The summed E-state index contributed by atoms with van der Waals surface area (Å²) in [6, 6.07) is 0. The number of aromatic nitrogens is 2. The van der Waals surface area contributed by atoms with Gasteiger partial charge in [-0.1, -0.05) is 32.3 Å². The molecule has 1 saturated heterocycles. The number of rotatable bonds is 1. The third kappa shape index (κ3) is 1.95. The molecule has 102 valence electrons. The van der Waals surface area contributed by atoms with Gasteiger partial charge in [0.15, 0.2) is 5.82 Å². The summed E-state index contributed by atoms with van der Waals surface area (Å²) in [5.41, 5.74) is 0.106. The Morgan fingerprint density at radius 3 is 2.83 bits per heavy atom. The normalized spacial score (nSPS) is 31.2. The molecule has 2 heterocycles. The molecular weight excluding hydrogens is 250 g/mol. The van der Waals surface area contributed by atoms with Crippen LogP contribution < -0.4 is 5.32 Å². The van der Waals surface area contributed by atoms with Gasteiger partial charge in [-0.25, -0.2) is 0 Å². The number of hydrogen-bond acceptors (Lipinski definition) is 4. The summed E-state index contributed by atoms with van der Waals surface area (Å²) in [7, 11) is 0. The lowest BCUT2D eigenvalue weighted by atomic mass is 9.80. The van der Waals surface area contributed by atoms with E-state index in [9.17, 15) is 0 Å². The van der Waals surface area contributed by atoms with Crippen LogP contribution in [0.3, 0.4) is 0 Å². The predicted molar refractivity (Wildman–Crippen MR) is 72.1 cm³/mol. The van der Waals surface area contributed by atoms with Crippen LogP contribution in [0.5, 0.6) is 0 Å². The van der Waals surface area contributed by atoms with Crippen molar-refractivity contribution in [3.05, 3.63) is 11.7 Å². The third-order valence-electron chi connectivity index (χ3n) is 4.31. The SMILES string of the molecule is CC(C)(C)c1noc([C@@]23CCC[C@@H]2CNC3)n1.Cl. The number of halogens is 1. The number of fused-ring (bicyclic) bond motifs is 1. The van der Waals surface area contributed by atoms with E-state index >= 15 is 0 Å². The second kappa shape index (κ2) is 4.49. The van der Waals surface area contributed by atoms with Crippen LogP contribution in [-0.4, -0.2) is 23.2 Å². The summed E-state index contributed by atoms with van der Waals surface area (Å²) in [4.78, 5) is 4.68. The molecule has 18 heavy (non-hydrogen) atoms. The summed E-state index contributed by atoms with van der Waals surface area (Å²) < 4.78 is 5.58. The van der Waals surface area contributed by atoms with Crippen molar-refractivity contribution in [3.63, 3.8) is 0 Å². The summed E-state index contributed by atoms with van der Waals surface area (Å²) in [6.45, 7) is 8.48. The minimum atomic E-state index is -0.0292. The molecule has 1 aliphatic heterocycles. The number of nitrogens with one attached hydrogen (secondary N) is 1. The first-order chi connectivity index (χ1) is 8.02. The maximum Gasteiger partial charge on any atom is 0.234 e. The minimum absolute atomic E-state index is 0. The zero-order valence-corrected chi connectivity index (χ0v) is 12.1. The van der Waals surface area contributed by atoms with Gasteiger partial charge in [-0.3, -0.25) is 0 Å². The average molecular weight is 272 g/mol. The van der Waals surface area contributed by atoms with E-state index in [4.69, 9.17) is 4.52 Å². The Morgan fingerprint density at radius 1 is 1.39 bits per heavy atom. The highest BCUT2D eigenvalue weighted by molar-refractivity contribution is 5.85. The van der Waals surface area contributed by atoms with Crippen LogP contribution >= 0.6 is 12.4 Å². The van der Waals surface area contributed by atoms with Gasteiger partial charge < -0.3 is 9.84 Å². The van der Waals surface area contributed by atoms with E-state index in [-0.39, 0.29) is 23.2 Å². The molecule has 0 spiro atoms. The van der Waals surface area contributed by atoms with Crippen molar-refractivity contribution in [2.75, 3.05) is 13.1 Å². The van der Waals surface area contributed by atoms with E-state index in [0.29, 0.717) is 5.92 Å². The van der Waals surface area contributed by atoms with Crippen LogP contribution in [0.25, 0.3) is 0 Å². The van der Waals surface area contributed by atoms with Gasteiger partial charge in [-0.15, -0.1) is 12.4 Å². The molecule has 0 unspecified atom stereocenters. The fraction of sp³-hybridized carbons (Fsp3) is 0.846. The summed E-state index contributed by atoms with van der Waals surface area (Å²) in [6.07, 6.45) is 3.77. The van der Waals surface area contributed by atoms with Crippen LogP contribution in [-0.2, 0) is 10.8 Å². The fourth-order valence-electron chi connectivity index (χ4n) is 3.23. The molecule has 0 amide bonds. The first-order valence-corrected chi connectivity index (χ1v) is 6.58. The third-order valence-corrected chi connectivity index (χ3v) is 4.31. The van der Waals surface area contributed by atoms with Gasteiger partial charge in [0.05, 0.1) is 5.41 Å². The molecule has 0 bridgehead atoms. The van der Waals surface area contributed by atoms with E-state index in [1.807, 2.05) is 0 Å². The molecule has 5 heteroatoms. The molecule has 4 nitrogen and oxygen atoms in total. The van der Waals surface area contributed by atoms with Gasteiger partial charge in [0.1, 0.15) is 0 Å². The molecule has 1 aliphatic carbocycles. The van der Waals surface area contributed by atoms with E-state index in [2.05, 4.69) is 36.2 Å². The predicted octanol–water partition coefficient (Wildman–Crippen LogP) is 2.43. The fourth-order valence-corrected chi connectivity index (χ4v) is 3.23. The van der Waals surface area contributed by atoms with Crippen LogP contribution in [0, 0.1) is 5.92 Å². The second-order valence-electron chi connectivity index (χ2n) is 6.55. The molecule has 1 aromatic rings. The molecule has 1 aromatic heterocycles. The van der Waals surface area contributed by atoms with Gasteiger partial charge in [-0.2, -0.15) is 4.98 Å². The van der Waals surface area contributed by atoms with Crippen molar-refractivity contribution in [2.24, 2.45) is 5.92 Å². The molecule has 2 aliphatic rings. The lowest BCUT2D eigenvalue weighted by Gasteiger charge is -2.23. The molecule has 2 atom stereocenters. The van der Waals surface area contributed by atoms with Crippen LogP contribution in [0.2, 0.25) is 0 Å². The quantitative estimate of drug-likeness (QED) is 0.852. The maximum atomic E-state index is 5.58. The molecule has 1 N–H and O–H groups in total. The topological polar surface area (TPSA) is 51.0 Å². The van der Waals surface area contributed by atoms with E-state index < -0.39 is 0 Å². The van der Waals surface area contributed by atoms with Crippen molar-refractivity contribution in [2.45, 2.75) is 50.9 Å². The van der Waals surface area contributed by atoms with Crippen molar-refractivity contribution in [1.29, 1.82) is 0 Å². The van der Waals surface area contributed by atoms with Gasteiger partial charge in [-0.05, 0) is 25.3 Å². The van der Waals surface area contributed by atoms with E-state index in [0.717, 1.165) is 24.8 Å².